The third-order valence-electron chi connectivity index (χ3n) is 2.83. The van der Waals surface area contributed by atoms with Crippen molar-refractivity contribution >= 4 is 17.2 Å². The Morgan fingerprint density at radius 1 is 1.26 bits per heavy atom. The molecule has 0 unspecified atom stereocenters. The number of aromatic nitrogens is 1. The number of thiophene rings is 1. The fourth-order valence-electron chi connectivity index (χ4n) is 1.93. The summed E-state index contributed by atoms with van der Waals surface area (Å²) in [6, 6.07) is 11.6. The summed E-state index contributed by atoms with van der Waals surface area (Å²) < 4.78 is 10.4. The molecule has 0 aliphatic rings. The third-order valence-corrected chi connectivity index (χ3v) is 3.72. The Hall–Kier alpha value is -2.27. The van der Waals surface area contributed by atoms with Gasteiger partial charge in [-0.25, -0.2) is 0 Å². The Kier molecular flexibility index (Phi) is 2.97. The van der Waals surface area contributed by atoms with Crippen LogP contribution in [0.15, 0.2) is 46.3 Å². The molecule has 2 heterocycles. The van der Waals surface area contributed by atoms with E-state index in [0.717, 1.165) is 27.4 Å². The van der Waals surface area contributed by atoms with Crippen LogP contribution in [0.25, 0.3) is 21.7 Å². The number of rotatable bonds is 3. The van der Waals surface area contributed by atoms with Crippen LogP contribution in [0.4, 0.5) is 5.88 Å². The highest BCUT2D eigenvalue weighted by atomic mass is 32.1. The van der Waals surface area contributed by atoms with Crippen LogP contribution in [0.2, 0.25) is 0 Å². The standard InChI is InChI=1S/C14H12N2O2S/c1-17-10-5-2-4-9(8-10)13-12(14(15)18-16-13)11-6-3-7-19-11/h2-8H,15H2,1H3. The van der Waals surface area contributed by atoms with E-state index in [0.29, 0.717) is 5.88 Å². The molecule has 0 saturated carbocycles. The maximum Gasteiger partial charge on any atom is 0.231 e. The molecule has 0 bridgehead atoms. The lowest BCUT2D eigenvalue weighted by atomic mass is 10.1. The number of methoxy groups -OCH3 is 1. The van der Waals surface area contributed by atoms with Crippen LogP contribution in [-0.4, -0.2) is 12.3 Å². The summed E-state index contributed by atoms with van der Waals surface area (Å²) in [5.74, 6) is 1.11. The molecule has 3 rings (SSSR count). The maximum absolute atomic E-state index is 5.89. The van der Waals surface area contributed by atoms with Gasteiger partial charge in [0.15, 0.2) is 0 Å². The smallest absolute Gasteiger partial charge is 0.231 e. The molecule has 19 heavy (non-hydrogen) atoms. The molecule has 2 aromatic heterocycles. The van der Waals surface area contributed by atoms with E-state index < -0.39 is 0 Å². The summed E-state index contributed by atoms with van der Waals surface area (Å²) in [6.07, 6.45) is 0. The van der Waals surface area contributed by atoms with Gasteiger partial charge in [-0.15, -0.1) is 11.3 Å². The summed E-state index contributed by atoms with van der Waals surface area (Å²) in [6.45, 7) is 0. The van der Waals surface area contributed by atoms with Gasteiger partial charge < -0.3 is 15.0 Å². The van der Waals surface area contributed by atoms with Crippen molar-refractivity contribution in [2.75, 3.05) is 12.8 Å². The number of nitrogens with zero attached hydrogens (tertiary/aromatic N) is 1. The summed E-state index contributed by atoms with van der Waals surface area (Å²) in [7, 11) is 1.64. The first-order valence-corrected chi connectivity index (χ1v) is 6.61. The van der Waals surface area contributed by atoms with Gasteiger partial charge in [0.05, 0.1) is 12.7 Å². The van der Waals surface area contributed by atoms with Gasteiger partial charge in [0.1, 0.15) is 11.4 Å². The average Bonchev–Trinajstić information content (AvgIpc) is 3.07. The summed E-state index contributed by atoms with van der Waals surface area (Å²) in [4.78, 5) is 1.04. The molecule has 96 valence electrons. The number of benzene rings is 1. The molecule has 0 atom stereocenters. The van der Waals surface area contributed by atoms with Crippen molar-refractivity contribution in [1.82, 2.24) is 5.16 Å². The largest absolute Gasteiger partial charge is 0.497 e. The number of hydrogen-bond donors (Lipinski definition) is 1. The minimum Gasteiger partial charge on any atom is -0.497 e. The molecule has 2 N–H and O–H groups in total. The Balaban J connectivity index is 2.15. The zero-order chi connectivity index (χ0) is 13.2. The molecule has 0 radical (unpaired) electrons. The van der Waals surface area contributed by atoms with E-state index in [1.54, 1.807) is 18.4 Å². The van der Waals surface area contributed by atoms with Crippen LogP contribution in [0, 0.1) is 0 Å². The van der Waals surface area contributed by atoms with Crippen molar-refractivity contribution in [1.29, 1.82) is 0 Å². The highest BCUT2D eigenvalue weighted by Gasteiger charge is 2.18. The van der Waals surface area contributed by atoms with Crippen molar-refractivity contribution in [3.8, 4) is 27.4 Å². The van der Waals surface area contributed by atoms with Gasteiger partial charge in [-0.3, -0.25) is 0 Å². The van der Waals surface area contributed by atoms with Crippen LogP contribution in [0.3, 0.4) is 0 Å². The average molecular weight is 272 g/mol. The number of nitrogens with two attached hydrogens (primary N) is 1. The first-order valence-electron chi connectivity index (χ1n) is 5.73. The van der Waals surface area contributed by atoms with Crippen molar-refractivity contribution in [2.24, 2.45) is 0 Å². The van der Waals surface area contributed by atoms with Crippen molar-refractivity contribution in [3.05, 3.63) is 41.8 Å². The SMILES string of the molecule is COc1cccc(-c2noc(N)c2-c2cccs2)c1. The lowest BCUT2D eigenvalue weighted by Gasteiger charge is -2.03. The Bertz CT molecular complexity index is 689. The van der Waals surface area contributed by atoms with Crippen LogP contribution in [0.1, 0.15) is 0 Å². The van der Waals surface area contributed by atoms with E-state index in [1.807, 2.05) is 41.8 Å². The minimum absolute atomic E-state index is 0.334. The molecular formula is C14H12N2O2S. The first-order chi connectivity index (χ1) is 9.29. The van der Waals surface area contributed by atoms with Crippen molar-refractivity contribution in [3.63, 3.8) is 0 Å². The zero-order valence-corrected chi connectivity index (χ0v) is 11.1. The summed E-state index contributed by atoms with van der Waals surface area (Å²) in [5, 5.41) is 6.07. The molecule has 3 aromatic rings. The Morgan fingerprint density at radius 2 is 2.16 bits per heavy atom. The van der Waals surface area contributed by atoms with Gasteiger partial charge in [-0.05, 0) is 23.6 Å². The number of hydrogen-bond acceptors (Lipinski definition) is 5. The topological polar surface area (TPSA) is 61.3 Å². The predicted molar refractivity (Wildman–Crippen MR) is 76.2 cm³/mol. The molecule has 4 nitrogen and oxygen atoms in total. The summed E-state index contributed by atoms with van der Waals surface area (Å²) in [5.41, 5.74) is 8.38. The third kappa shape index (κ3) is 2.08. The fourth-order valence-corrected chi connectivity index (χ4v) is 2.71. The Morgan fingerprint density at radius 3 is 2.89 bits per heavy atom. The fraction of sp³-hybridized carbons (Fsp3) is 0.0714. The zero-order valence-electron chi connectivity index (χ0n) is 10.3. The van der Waals surface area contributed by atoms with Crippen LogP contribution < -0.4 is 10.5 Å². The lowest BCUT2D eigenvalue weighted by Crippen LogP contribution is -1.87. The second-order valence-corrected chi connectivity index (χ2v) is 4.93. The first kappa shape index (κ1) is 11.8. The van der Waals surface area contributed by atoms with E-state index in [2.05, 4.69) is 5.16 Å². The van der Waals surface area contributed by atoms with Gasteiger partial charge in [0.25, 0.3) is 0 Å². The summed E-state index contributed by atoms with van der Waals surface area (Å²) >= 11 is 1.60. The second-order valence-electron chi connectivity index (χ2n) is 3.98. The quantitative estimate of drug-likeness (QED) is 0.790. The minimum atomic E-state index is 0.334. The van der Waals surface area contributed by atoms with Gasteiger partial charge >= 0.3 is 0 Å². The second kappa shape index (κ2) is 4.78. The molecule has 1 aromatic carbocycles. The van der Waals surface area contributed by atoms with Crippen molar-refractivity contribution in [2.45, 2.75) is 0 Å². The number of nitrogen functional groups attached to an aromatic ring is 1. The van der Waals surface area contributed by atoms with E-state index in [-0.39, 0.29) is 0 Å². The van der Waals surface area contributed by atoms with Crippen molar-refractivity contribution < 1.29 is 9.26 Å². The van der Waals surface area contributed by atoms with E-state index in [4.69, 9.17) is 15.0 Å². The maximum atomic E-state index is 5.89. The highest BCUT2D eigenvalue weighted by molar-refractivity contribution is 7.13. The molecule has 0 aliphatic carbocycles. The molecule has 0 amide bonds. The molecule has 0 fully saturated rings. The normalized spacial score (nSPS) is 10.6. The van der Waals surface area contributed by atoms with Crippen LogP contribution >= 0.6 is 11.3 Å². The lowest BCUT2D eigenvalue weighted by molar-refractivity contribution is 0.415. The van der Waals surface area contributed by atoms with E-state index >= 15 is 0 Å². The highest BCUT2D eigenvalue weighted by Crippen LogP contribution is 2.39. The molecule has 0 aliphatic heterocycles. The number of anilines is 1. The molecule has 5 heteroatoms. The van der Waals surface area contributed by atoms with Gasteiger partial charge in [-0.1, -0.05) is 23.4 Å². The molecular weight excluding hydrogens is 260 g/mol. The van der Waals surface area contributed by atoms with Gasteiger partial charge in [0.2, 0.25) is 5.88 Å². The van der Waals surface area contributed by atoms with E-state index in [9.17, 15) is 0 Å². The van der Waals surface area contributed by atoms with Crippen LogP contribution in [0.5, 0.6) is 5.75 Å². The van der Waals surface area contributed by atoms with Gasteiger partial charge in [-0.2, -0.15) is 0 Å². The number of ether oxygens (including phenoxy) is 1. The monoisotopic (exact) mass is 272 g/mol. The van der Waals surface area contributed by atoms with E-state index in [1.165, 1.54) is 0 Å². The predicted octanol–water partition coefficient (Wildman–Crippen LogP) is 3.66. The molecule has 0 spiro atoms. The Labute approximate surface area is 114 Å². The van der Waals surface area contributed by atoms with Crippen LogP contribution in [-0.2, 0) is 0 Å². The van der Waals surface area contributed by atoms with Gasteiger partial charge in [0, 0.05) is 10.4 Å². The molecule has 0 saturated heterocycles.